The lowest BCUT2D eigenvalue weighted by Gasteiger charge is -2.24. The molecule has 6 heteroatoms. The van der Waals surface area contributed by atoms with Crippen molar-refractivity contribution < 1.29 is 18.8 Å². The van der Waals surface area contributed by atoms with Crippen LogP contribution < -0.4 is 5.32 Å². The first-order chi connectivity index (χ1) is 9.96. The van der Waals surface area contributed by atoms with Crippen molar-refractivity contribution in [2.75, 3.05) is 6.54 Å². The third-order valence-corrected chi connectivity index (χ3v) is 2.72. The van der Waals surface area contributed by atoms with Gasteiger partial charge in [0.15, 0.2) is 0 Å². The maximum absolute atomic E-state index is 13.3. The Labute approximate surface area is 121 Å². The molecule has 1 heterocycles. The van der Waals surface area contributed by atoms with Crippen molar-refractivity contribution in [3.63, 3.8) is 0 Å². The summed E-state index contributed by atoms with van der Waals surface area (Å²) in [5.41, 5.74) is -0.0379. The second-order valence-corrected chi connectivity index (χ2v) is 3.96. The number of carbonyl (C=O) groups excluding carboxylic acids is 3. The highest BCUT2D eigenvalue weighted by atomic mass is 19.1. The topological polar surface area (TPSA) is 66.5 Å². The van der Waals surface area contributed by atoms with Crippen molar-refractivity contribution in [1.82, 2.24) is 10.2 Å². The van der Waals surface area contributed by atoms with E-state index in [4.69, 9.17) is 0 Å². The highest BCUT2D eigenvalue weighted by molar-refractivity contribution is 6.28. The number of imide groups is 2. The van der Waals surface area contributed by atoms with Crippen molar-refractivity contribution in [1.29, 1.82) is 0 Å². The summed E-state index contributed by atoms with van der Waals surface area (Å²) in [5, 5.41) is 2.05. The van der Waals surface area contributed by atoms with E-state index in [9.17, 15) is 18.8 Å². The Morgan fingerprint density at radius 1 is 1.29 bits per heavy atom. The number of urea groups is 1. The fourth-order valence-electron chi connectivity index (χ4n) is 1.61. The molecule has 5 nitrogen and oxygen atoms in total. The van der Waals surface area contributed by atoms with Crippen molar-refractivity contribution in [3.05, 3.63) is 60.5 Å². The van der Waals surface area contributed by atoms with E-state index >= 15 is 0 Å². The molecule has 4 amide bonds. The molecule has 0 aromatic heterocycles. The van der Waals surface area contributed by atoms with Crippen LogP contribution >= 0.6 is 0 Å². The van der Waals surface area contributed by atoms with Gasteiger partial charge in [0.25, 0.3) is 11.8 Å². The molecule has 1 N–H and O–H groups in total. The Balaban J connectivity index is 3.06. The second-order valence-electron chi connectivity index (χ2n) is 3.96. The predicted octanol–water partition coefficient (Wildman–Crippen LogP) is 2.16. The molecule has 0 atom stereocenters. The molecular formula is C15H15FN2O3. The van der Waals surface area contributed by atoms with E-state index in [0.29, 0.717) is 0 Å². The number of likely N-dealkylation sites (N-methyl/N-ethyl adjacent to an activating group) is 1. The van der Waals surface area contributed by atoms with Crippen LogP contribution in [0.5, 0.6) is 0 Å². The van der Waals surface area contributed by atoms with Gasteiger partial charge in [0, 0.05) is 12.1 Å². The molecule has 1 aliphatic heterocycles. The molecule has 0 aliphatic carbocycles. The number of nitrogens with zero attached hydrogens (tertiary/aromatic N) is 1. The zero-order chi connectivity index (χ0) is 16.0. The van der Waals surface area contributed by atoms with Gasteiger partial charge in [-0.15, -0.1) is 0 Å². The molecule has 21 heavy (non-hydrogen) atoms. The first kappa shape index (κ1) is 16.3. The van der Waals surface area contributed by atoms with Gasteiger partial charge in [-0.25, -0.2) is 9.18 Å². The van der Waals surface area contributed by atoms with E-state index in [-0.39, 0.29) is 17.7 Å². The van der Waals surface area contributed by atoms with Crippen LogP contribution in [-0.4, -0.2) is 29.3 Å². The van der Waals surface area contributed by atoms with E-state index in [0.717, 1.165) is 11.0 Å². The monoisotopic (exact) mass is 290 g/mol. The number of barbiturate groups is 1. The summed E-state index contributed by atoms with van der Waals surface area (Å²) in [6.45, 7) is 8.48. The van der Waals surface area contributed by atoms with Crippen LogP contribution in [0.3, 0.4) is 0 Å². The quantitative estimate of drug-likeness (QED) is 0.479. The third-order valence-electron chi connectivity index (χ3n) is 2.72. The summed E-state index contributed by atoms with van der Waals surface area (Å²) in [6.07, 6.45) is 6.18. The number of nitrogens with one attached hydrogen (secondary N) is 1. The number of allylic oxidation sites excluding steroid dienone is 7. The fraction of sp³-hybridized carbons (Fsp3) is 0.133. The van der Waals surface area contributed by atoms with E-state index < -0.39 is 23.7 Å². The lowest BCUT2D eigenvalue weighted by atomic mass is 10.1. The molecule has 0 bridgehead atoms. The molecule has 0 spiro atoms. The Hall–Kier alpha value is -2.76. The number of carbonyl (C=O) groups is 3. The van der Waals surface area contributed by atoms with Crippen LogP contribution in [0.4, 0.5) is 9.18 Å². The van der Waals surface area contributed by atoms with Crippen LogP contribution in [0.1, 0.15) is 6.92 Å². The molecule has 1 aliphatic rings. The maximum atomic E-state index is 13.3. The van der Waals surface area contributed by atoms with Crippen LogP contribution in [-0.2, 0) is 9.59 Å². The Morgan fingerprint density at radius 2 is 1.95 bits per heavy atom. The van der Waals surface area contributed by atoms with Gasteiger partial charge in [0.05, 0.1) is 0 Å². The average molecular weight is 290 g/mol. The number of amides is 4. The molecule has 0 saturated carbocycles. The van der Waals surface area contributed by atoms with E-state index in [1.807, 2.05) is 5.32 Å². The Morgan fingerprint density at radius 3 is 2.48 bits per heavy atom. The summed E-state index contributed by atoms with van der Waals surface area (Å²) in [4.78, 5) is 35.8. The molecule has 0 aromatic rings. The first-order valence-corrected chi connectivity index (χ1v) is 6.16. The van der Waals surface area contributed by atoms with E-state index in [1.165, 1.54) is 24.3 Å². The molecule has 1 rings (SSSR count). The Bertz CT molecular complexity index is 600. The summed E-state index contributed by atoms with van der Waals surface area (Å²) < 4.78 is 13.3. The molecule has 0 radical (unpaired) electrons. The van der Waals surface area contributed by atoms with Gasteiger partial charge >= 0.3 is 6.03 Å². The molecular weight excluding hydrogens is 275 g/mol. The zero-order valence-corrected chi connectivity index (χ0v) is 11.6. The average Bonchev–Trinajstić information content (AvgIpc) is 2.46. The van der Waals surface area contributed by atoms with Gasteiger partial charge in [0.1, 0.15) is 11.4 Å². The molecule has 0 unspecified atom stereocenters. The normalized spacial score (nSPS) is 18.9. The first-order valence-electron chi connectivity index (χ1n) is 6.16. The van der Waals surface area contributed by atoms with Crippen molar-refractivity contribution in [2.45, 2.75) is 6.92 Å². The third kappa shape index (κ3) is 3.62. The predicted molar refractivity (Wildman–Crippen MR) is 76.7 cm³/mol. The minimum atomic E-state index is -0.785. The minimum Gasteiger partial charge on any atom is -0.273 e. The van der Waals surface area contributed by atoms with Crippen LogP contribution in [0, 0.1) is 0 Å². The highest BCUT2D eigenvalue weighted by Crippen LogP contribution is 2.12. The lowest BCUT2D eigenvalue weighted by molar-refractivity contribution is -0.130. The van der Waals surface area contributed by atoms with Gasteiger partial charge < -0.3 is 0 Å². The van der Waals surface area contributed by atoms with Crippen LogP contribution in [0.25, 0.3) is 0 Å². The smallest absolute Gasteiger partial charge is 0.273 e. The largest absolute Gasteiger partial charge is 0.331 e. The number of hydrogen-bond donors (Lipinski definition) is 1. The van der Waals surface area contributed by atoms with Crippen molar-refractivity contribution >= 4 is 17.8 Å². The number of rotatable bonds is 5. The number of halogens is 1. The van der Waals surface area contributed by atoms with Crippen LogP contribution in [0.2, 0.25) is 0 Å². The van der Waals surface area contributed by atoms with Crippen molar-refractivity contribution in [2.24, 2.45) is 0 Å². The standard InChI is InChI=1S/C15H15FN2O3/c1-4-10(12(16)5-2)8-7-9-11-13(19)17-15(21)18(6-3)14(11)20/h4-5,7-9H,1-2,6H2,3H3,(H,17,19,21)/b8-7+,11-9+,12-10-. The lowest BCUT2D eigenvalue weighted by Crippen LogP contribution is -2.53. The molecule has 1 saturated heterocycles. The van der Waals surface area contributed by atoms with E-state index in [2.05, 4.69) is 13.2 Å². The summed E-state index contributed by atoms with van der Waals surface area (Å²) in [7, 11) is 0. The minimum absolute atomic E-state index is 0.141. The summed E-state index contributed by atoms with van der Waals surface area (Å²) in [6, 6.07) is -0.752. The van der Waals surface area contributed by atoms with Crippen molar-refractivity contribution in [3.8, 4) is 0 Å². The van der Waals surface area contributed by atoms with Gasteiger partial charge in [-0.1, -0.05) is 31.4 Å². The summed E-state index contributed by atoms with van der Waals surface area (Å²) in [5.74, 6) is -2.05. The van der Waals surface area contributed by atoms with Gasteiger partial charge in [0.2, 0.25) is 0 Å². The molecule has 110 valence electrons. The van der Waals surface area contributed by atoms with Gasteiger partial charge in [-0.3, -0.25) is 19.8 Å². The SMILES string of the molecule is C=C/C(F)=C(C=C)/C=C/C=C1\C(=O)NC(=O)N(CC)C1=O. The van der Waals surface area contributed by atoms with Gasteiger partial charge in [-0.2, -0.15) is 0 Å². The maximum Gasteiger partial charge on any atom is 0.331 e. The molecule has 0 aromatic carbocycles. The van der Waals surface area contributed by atoms with E-state index in [1.54, 1.807) is 6.92 Å². The number of hydrogen-bond acceptors (Lipinski definition) is 3. The second kappa shape index (κ2) is 7.14. The Kier molecular flexibility index (Phi) is 5.54. The van der Waals surface area contributed by atoms with Crippen LogP contribution in [0.15, 0.2) is 60.5 Å². The van der Waals surface area contributed by atoms with Gasteiger partial charge in [-0.05, 0) is 19.1 Å². The highest BCUT2D eigenvalue weighted by Gasteiger charge is 2.34. The summed E-state index contributed by atoms with van der Waals surface area (Å²) >= 11 is 0. The molecule has 1 fully saturated rings. The fourth-order valence-corrected chi connectivity index (χ4v) is 1.61. The zero-order valence-electron chi connectivity index (χ0n) is 11.6.